The molecule has 0 N–H and O–H groups in total. The molecule has 1 aromatic carbocycles. The number of pyridine rings is 1. The maximum atomic E-state index is 6.10. The van der Waals surface area contributed by atoms with Crippen LogP contribution in [0.5, 0.6) is 0 Å². The summed E-state index contributed by atoms with van der Waals surface area (Å²) in [6, 6.07) is 14.1. The van der Waals surface area contributed by atoms with Crippen LogP contribution in [0.1, 0.15) is 24.5 Å². The molecule has 0 bridgehead atoms. The van der Waals surface area contributed by atoms with Crippen LogP contribution >= 0.6 is 0 Å². The van der Waals surface area contributed by atoms with E-state index in [1.54, 1.807) is 12.4 Å². The van der Waals surface area contributed by atoms with Gasteiger partial charge in [-0.2, -0.15) is 4.98 Å². The van der Waals surface area contributed by atoms with Crippen LogP contribution in [0.4, 0.5) is 0 Å². The van der Waals surface area contributed by atoms with Gasteiger partial charge in [-0.3, -0.25) is 9.88 Å². The van der Waals surface area contributed by atoms with Crippen molar-refractivity contribution in [3.8, 4) is 11.4 Å². The van der Waals surface area contributed by atoms with Crippen LogP contribution in [0.15, 0.2) is 59.4 Å². The molecule has 0 aliphatic carbocycles. The molecule has 3 heterocycles. The number of hydrogen-bond acceptors (Lipinski definition) is 6. The van der Waals surface area contributed by atoms with Gasteiger partial charge >= 0.3 is 0 Å². The highest BCUT2D eigenvalue weighted by atomic mass is 16.5. The van der Waals surface area contributed by atoms with Crippen LogP contribution in [-0.2, 0) is 11.3 Å². The molecule has 0 amide bonds. The smallest absolute Gasteiger partial charge is 0.241 e. The van der Waals surface area contributed by atoms with Crippen molar-refractivity contribution in [1.82, 2.24) is 20.0 Å². The van der Waals surface area contributed by atoms with E-state index in [2.05, 4.69) is 39.1 Å². The van der Waals surface area contributed by atoms with E-state index in [-0.39, 0.29) is 12.2 Å². The zero-order chi connectivity index (χ0) is 17.1. The van der Waals surface area contributed by atoms with E-state index in [0.29, 0.717) is 18.3 Å². The summed E-state index contributed by atoms with van der Waals surface area (Å²) < 4.78 is 11.5. The molecular formula is C19H20N4O2. The Balaban J connectivity index is 1.46. The van der Waals surface area contributed by atoms with Gasteiger partial charge in [-0.15, -0.1) is 0 Å². The predicted molar refractivity (Wildman–Crippen MR) is 92.5 cm³/mol. The molecule has 0 unspecified atom stereocenters. The fourth-order valence-corrected chi connectivity index (χ4v) is 3.14. The Bertz CT molecular complexity index is 807. The fraction of sp³-hybridized carbons (Fsp3) is 0.316. The van der Waals surface area contributed by atoms with Gasteiger partial charge in [0.05, 0.1) is 18.8 Å². The number of hydrogen-bond donors (Lipinski definition) is 0. The molecule has 3 aromatic rings. The van der Waals surface area contributed by atoms with Crippen molar-refractivity contribution in [3.05, 3.63) is 66.3 Å². The van der Waals surface area contributed by atoms with E-state index in [1.165, 1.54) is 5.56 Å². The lowest BCUT2D eigenvalue weighted by Crippen LogP contribution is -2.42. The molecular weight excluding hydrogens is 316 g/mol. The van der Waals surface area contributed by atoms with Crippen molar-refractivity contribution >= 4 is 0 Å². The quantitative estimate of drug-likeness (QED) is 0.729. The molecule has 0 radical (unpaired) electrons. The summed E-state index contributed by atoms with van der Waals surface area (Å²) in [5.41, 5.74) is 2.05. The summed E-state index contributed by atoms with van der Waals surface area (Å²) in [4.78, 5) is 10.9. The van der Waals surface area contributed by atoms with Crippen LogP contribution in [-0.4, -0.2) is 39.2 Å². The van der Waals surface area contributed by atoms with E-state index in [0.717, 1.165) is 18.7 Å². The van der Waals surface area contributed by atoms with Gasteiger partial charge in [0.1, 0.15) is 0 Å². The first kappa shape index (κ1) is 15.9. The summed E-state index contributed by atoms with van der Waals surface area (Å²) in [7, 11) is 0. The molecule has 0 spiro atoms. The Morgan fingerprint density at radius 2 is 2.00 bits per heavy atom. The third-order valence-corrected chi connectivity index (χ3v) is 4.25. The first-order valence-corrected chi connectivity index (χ1v) is 8.43. The molecule has 1 aliphatic rings. The molecule has 1 saturated heterocycles. The van der Waals surface area contributed by atoms with Crippen LogP contribution in [0.25, 0.3) is 11.4 Å². The average Bonchev–Trinajstić information content (AvgIpc) is 3.11. The molecule has 0 saturated carbocycles. The molecule has 6 nitrogen and oxygen atoms in total. The molecule has 4 rings (SSSR count). The van der Waals surface area contributed by atoms with Gasteiger partial charge < -0.3 is 9.26 Å². The van der Waals surface area contributed by atoms with E-state index in [1.807, 2.05) is 30.3 Å². The number of ether oxygens (including phenoxy) is 1. The van der Waals surface area contributed by atoms with Crippen molar-refractivity contribution < 1.29 is 9.26 Å². The third-order valence-electron chi connectivity index (χ3n) is 4.25. The van der Waals surface area contributed by atoms with Crippen LogP contribution in [0.3, 0.4) is 0 Å². The second-order valence-electron chi connectivity index (χ2n) is 6.29. The Hall–Kier alpha value is -2.57. The minimum absolute atomic E-state index is 0.0608. The maximum absolute atomic E-state index is 6.10. The number of benzene rings is 1. The zero-order valence-electron chi connectivity index (χ0n) is 14.1. The average molecular weight is 336 g/mol. The molecule has 25 heavy (non-hydrogen) atoms. The van der Waals surface area contributed by atoms with Crippen molar-refractivity contribution in [2.75, 3.05) is 13.1 Å². The molecule has 1 aliphatic heterocycles. The number of nitrogens with zero attached hydrogens (tertiary/aromatic N) is 4. The third kappa shape index (κ3) is 3.75. The maximum Gasteiger partial charge on any atom is 0.241 e. The summed E-state index contributed by atoms with van der Waals surface area (Å²) in [6.07, 6.45) is 3.67. The first-order valence-electron chi connectivity index (χ1n) is 8.43. The monoisotopic (exact) mass is 336 g/mol. The highest BCUT2D eigenvalue weighted by molar-refractivity contribution is 5.51. The standard InChI is InChI=1S/C19H20N4O2/c1-14-11-23(12-17(24-14)15-6-3-2-4-7-15)13-18-21-19(22-25-18)16-8-5-9-20-10-16/h2-10,14,17H,11-13H2,1H3/t14-,17-/m0/s1. The fourth-order valence-electron chi connectivity index (χ4n) is 3.14. The predicted octanol–water partition coefficient (Wildman–Crippen LogP) is 3.09. The Morgan fingerprint density at radius 1 is 1.12 bits per heavy atom. The molecule has 2 aromatic heterocycles. The summed E-state index contributed by atoms with van der Waals surface area (Å²) in [6.45, 7) is 4.36. The van der Waals surface area contributed by atoms with Crippen molar-refractivity contribution in [2.45, 2.75) is 25.7 Å². The highest BCUT2D eigenvalue weighted by Crippen LogP contribution is 2.26. The lowest BCUT2D eigenvalue weighted by Gasteiger charge is -2.36. The van der Waals surface area contributed by atoms with Crippen LogP contribution < -0.4 is 0 Å². The lowest BCUT2D eigenvalue weighted by atomic mass is 10.1. The second-order valence-corrected chi connectivity index (χ2v) is 6.29. The van der Waals surface area contributed by atoms with Crippen LogP contribution in [0, 0.1) is 0 Å². The van der Waals surface area contributed by atoms with Gasteiger partial charge in [0.15, 0.2) is 0 Å². The normalized spacial score (nSPS) is 21.3. The van der Waals surface area contributed by atoms with E-state index in [4.69, 9.17) is 9.26 Å². The van der Waals surface area contributed by atoms with Crippen LogP contribution in [0.2, 0.25) is 0 Å². The summed E-state index contributed by atoms with van der Waals surface area (Å²) >= 11 is 0. The molecule has 6 heteroatoms. The minimum atomic E-state index is 0.0608. The van der Waals surface area contributed by atoms with Crippen molar-refractivity contribution in [3.63, 3.8) is 0 Å². The number of rotatable bonds is 4. The number of morpholine rings is 1. The van der Waals surface area contributed by atoms with Gasteiger partial charge in [0, 0.05) is 31.0 Å². The first-order chi connectivity index (χ1) is 12.3. The minimum Gasteiger partial charge on any atom is -0.368 e. The second kappa shape index (κ2) is 7.13. The van der Waals surface area contributed by atoms with Gasteiger partial charge in [-0.05, 0) is 24.6 Å². The molecule has 2 atom stereocenters. The molecule has 128 valence electrons. The topological polar surface area (TPSA) is 64.3 Å². The SMILES string of the molecule is C[C@H]1CN(Cc2nc(-c3cccnc3)no2)C[C@@H](c2ccccc2)O1. The van der Waals surface area contributed by atoms with Gasteiger partial charge in [-0.25, -0.2) is 0 Å². The van der Waals surface area contributed by atoms with Crippen molar-refractivity contribution in [2.24, 2.45) is 0 Å². The highest BCUT2D eigenvalue weighted by Gasteiger charge is 2.27. The Kier molecular flexibility index (Phi) is 4.54. The van der Waals surface area contributed by atoms with Gasteiger partial charge in [0.25, 0.3) is 0 Å². The Morgan fingerprint density at radius 3 is 2.80 bits per heavy atom. The summed E-state index contributed by atoms with van der Waals surface area (Å²) in [5, 5.41) is 4.06. The number of aromatic nitrogens is 3. The zero-order valence-corrected chi connectivity index (χ0v) is 14.1. The lowest BCUT2D eigenvalue weighted by molar-refractivity contribution is -0.0832. The van der Waals surface area contributed by atoms with Gasteiger partial charge in [-0.1, -0.05) is 35.5 Å². The largest absolute Gasteiger partial charge is 0.368 e. The Labute approximate surface area is 146 Å². The van der Waals surface area contributed by atoms with E-state index >= 15 is 0 Å². The van der Waals surface area contributed by atoms with Crippen molar-refractivity contribution in [1.29, 1.82) is 0 Å². The summed E-state index contributed by atoms with van der Waals surface area (Å²) in [5.74, 6) is 1.18. The van der Waals surface area contributed by atoms with Gasteiger partial charge in [0.2, 0.25) is 11.7 Å². The van der Waals surface area contributed by atoms with E-state index in [9.17, 15) is 0 Å². The van der Waals surface area contributed by atoms with E-state index < -0.39 is 0 Å². The molecule has 1 fully saturated rings.